The van der Waals surface area contributed by atoms with E-state index in [0.29, 0.717) is 5.82 Å². The summed E-state index contributed by atoms with van der Waals surface area (Å²) in [4.78, 5) is 21.2. The first kappa shape index (κ1) is 13.8. The quantitative estimate of drug-likeness (QED) is 0.840. The number of imidazole rings is 1. The Hall–Kier alpha value is -2.14. The highest BCUT2D eigenvalue weighted by atomic mass is 16.2. The number of piperazine rings is 1. The molecule has 0 spiro atoms. The fourth-order valence-electron chi connectivity index (χ4n) is 2.82. The van der Waals surface area contributed by atoms with Gasteiger partial charge < -0.3 is 14.4 Å². The molecule has 0 saturated carbocycles. The van der Waals surface area contributed by atoms with Crippen LogP contribution in [0.2, 0.25) is 0 Å². The van der Waals surface area contributed by atoms with Crippen LogP contribution in [0, 0.1) is 0 Å². The van der Waals surface area contributed by atoms with Gasteiger partial charge in [0, 0.05) is 39.1 Å². The molecular weight excluding hydrogens is 264 g/mol. The number of aromatic nitrogens is 2. The Morgan fingerprint density at radius 1 is 1.19 bits per heavy atom. The number of rotatable bonds is 2. The molecule has 110 valence electrons. The molecule has 1 aromatic carbocycles. The Bertz CT molecular complexity index is 622. The minimum atomic E-state index is 0.00412. The van der Waals surface area contributed by atoms with Crippen molar-refractivity contribution in [3.8, 4) is 0 Å². The number of hydrogen-bond donors (Lipinski definition) is 0. The lowest BCUT2D eigenvalue weighted by molar-refractivity contribution is 0.0482. The third-order valence-electron chi connectivity index (χ3n) is 4.04. The molecule has 1 fully saturated rings. The Labute approximate surface area is 124 Å². The van der Waals surface area contributed by atoms with E-state index in [2.05, 4.69) is 29.1 Å². The summed E-state index contributed by atoms with van der Waals surface area (Å²) in [6.45, 7) is 2.46. The summed E-state index contributed by atoms with van der Waals surface area (Å²) in [7, 11) is 3.95. The van der Waals surface area contributed by atoms with Gasteiger partial charge in [0.05, 0.1) is 6.04 Å². The monoisotopic (exact) mass is 284 g/mol. The molecule has 0 radical (unpaired) electrons. The Kier molecular flexibility index (Phi) is 3.75. The summed E-state index contributed by atoms with van der Waals surface area (Å²) < 4.78 is 1.78. The predicted molar refractivity (Wildman–Crippen MR) is 80.9 cm³/mol. The molecule has 0 bridgehead atoms. The maximum absolute atomic E-state index is 12.8. The van der Waals surface area contributed by atoms with Crippen LogP contribution >= 0.6 is 0 Å². The lowest BCUT2D eigenvalue weighted by Crippen LogP contribution is -2.49. The summed E-state index contributed by atoms with van der Waals surface area (Å²) in [5.41, 5.74) is 1.17. The van der Waals surface area contributed by atoms with Gasteiger partial charge in [-0.15, -0.1) is 0 Å². The third kappa shape index (κ3) is 2.69. The summed E-state index contributed by atoms with van der Waals surface area (Å²) in [5.74, 6) is 0.505. The van der Waals surface area contributed by atoms with Gasteiger partial charge in [-0.1, -0.05) is 30.3 Å². The first-order valence-corrected chi connectivity index (χ1v) is 7.18. The number of aryl methyl sites for hydroxylation is 1. The van der Waals surface area contributed by atoms with E-state index in [-0.39, 0.29) is 11.9 Å². The Morgan fingerprint density at radius 3 is 2.62 bits per heavy atom. The van der Waals surface area contributed by atoms with Crippen LogP contribution in [0.5, 0.6) is 0 Å². The van der Waals surface area contributed by atoms with Crippen LogP contribution < -0.4 is 0 Å². The zero-order chi connectivity index (χ0) is 14.8. The Morgan fingerprint density at radius 2 is 1.95 bits per heavy atom. The van der Waals surface area contributed by atoms with Gasteiger partial charge in [0.25, 0.3) is 5.91 Å². The lowest BCUT2D eigenvalue weighted by Gasteiger charge is -2.40. The molecular formula is C16H20N4O. The van der Waals surface area contributed by atoms with Crippen LogP contribution in [-0.2, 0) is 7.05 Å². The minimum Gasteiger partial charge on any atom is -0.330 e. The smallest absolute Gasteiger partial charge is 0.290 e. The van der Waals surface area contributed by atoms with Crippen LogP contribution in [0.15, 0.2) is 42.7 Å². The molecule has 1 aliphatic heterocycles. The van der Waals surface area contributed by atoms with Crippen molar-refractivity contribution in [1.82, 2.24) is 19.4 Å². The van der Waals surface area contributed by atoms with Crippen molar-refractivity contribution in [2.75, 3.05) is 26.7 Å². The zero-order valence-electron chi connectivity index (χ0n) is 12.4. The van der Waals surface area contributed by atoms with Crippen molar-refractivity contribution in [2.45, 2.75) is 6.04 Å². The zero-order valence-corrected chi connectivity index (χ0v) is 12.4. The summed E-state index contributed by atoms with van der Waals surface area (Å²) in [5, 5.41) is 0. The molecule has 1 unspecified atom stereocenters. The molecule has 1 amide bonds. The average molecular weight is 284 g/mol. The van der Waals surface area contributed by atoms with E-state index in [1.165, 1.54) is 5.56 Å². The molecule has 1 saturated heterocycles. The number of likely N-dealkylation sites (N-methyl/N-ethyl adjacent to an activating group) is 1. The summed E-state index contributed by atoms with van der Waals surface area (Å²) in [6, 6.07) is 10.3. The van der Waals surface area contributed by atoms with Gasteiger partial charge in [0.2, 0.25) is 0 Å². The molecule has 5 nitrogen and oxygen atoms in total. The number of carbonyl (C=O) groups is 1. The van der Waals surface area contributed by atoms with Gasteiger partial charge in [-0.25, -0.2) is 4.98 Å². The molecule has 5 heteroatoms. The van der Waals surface area contributed by atoms with Gasteiger partial charge in [0.1, 0.15) is 0 Å². The van der Waals surface area contributed by atoms with Gasteiger partial charge >= 0.3 is 0 Å². The van der Waals surface area contributed by atoms with Crippen LogP contribution in [0.4, 0.5) is 0 Å². The lowest BCUT2D eigenvalue weighted by atomic mass is 10.0. The van der Waals surface area contributed by atoms with Crippen LogP contribution in [0.3, 0.4) is 0 Å². The highest BCUT2D eigenvalue weighted by Gasteiger charge is 2.32. The van der Waals surface area contributed by atoms with Crippen molar-refractivity contribution in [1.29, 1.82) is 0 Å². The molecule has 1 aromatic heterocycles. The molecule has 0 N–H and O–H groups in total. The molecule has 21 heavy (non-hydrogen) atoms. The highest BCUT2D eigenvalue weighted by molar-refractivity contribution is 5.91. The van der Waals surface area contributed by atoms with Crippen molar-refractivity contribution >= 4 is 5.91 Å². The standard InChI is InChI=1S/C16H20N4O/c1-18-10-11-20(16(21)15-17-8-9-19(15)2)14(12-18)13-6-4-3-5-7-13/h3-9,14H,10-12H2,1-2H3. The van der Waals surface area contributed by atoms with E-state index in [9.17, 15) is 4.79 Å². The van der Waals surface area contributed by atoms with Crippen molar-refractivity contribution in [3.63, 3.8) is 0 Å². The Balaban J connectivity index is 1.91. The van der Waals surface area contributed by atoms with Crippen LogP contribution in [0.25, 0.3) is 0 Å². The predicted octanol–water partition coefficient (Wildman–Crippen LogP) is 1.55. The molecule has 1 aliphatic rings. The molecule has 1 atom stereocenters. The maximum Gasteiger partial charge on any atom is 0.290 e. The highest BCUT2D eigenvalue weighted by Crippen LogP contribution is 2.26. The third-order valence-corrected chi connectivity index (χ3v) is 4.04. The fraction of sp³-hybridized carbons (Fsp3) is 0.375. The second kappa shape index (κ2) is 5.69. The first-order valence-electron chi connectivity index (χ1n) is 7.18. The van der Waals surface area contributed by atoms with E-state index in [0.717, 1.165) is 19.6 Å². The van der Waals surface area contributed by atoms with Crippen molar-refractivity contribution in [2.24, 2.45) is 7.05 Å². The number of nitrogens with zero attached hydrogens (tertiary/aromatic N) is 4. The van der Waals surface area contributed by atoms with E-state index >= 15 is 0 Å². The van der Waals surface area contributed by atoms with Gasteiger partial charge in [-0.05, 0) is 12.6 Å². The second-order valence-electron chi connectivity index (χ2n) is 5.55. The topological polar surface area (TPSA) is 41.4 Å². The second-order valence-corrected chi connectivity index (χ2v) is 5.55. The normalized spacial score (nSPS) is 19.7. The summed E-state index contributed by atoms with van der Waals surface area (Å²) in [6.07, 6.45) is 3.47. The van der Waals surface area contributed by atoms with E-state index in [4.69, 9.17) is 0 Å². The van der Waals surface area contributed by atoms with Crippen LogP contribution in [-0.4, -0.2) is 51.9 Å². The van der Waals surface area contributed by atoms with Crippen molar-refractivity contribution < 1.29 is 4.79 Å². The van der Waals surface area contributed by atoms with E-state index in [1.54, 1.807) is 17.0 Å². The van der Waals surface area contributed by atoms with E-state index in [1.807, 2.05) is 30.1 Å². The molecule has 2 aromatic rings. The fourth-order valence-corrected chi connectivity index (χ4v) is 2.82. The van der Waals surface area contributed by atoms with E-state index < -0.39 is 0 Å². The number of benzene rings is 1. The van der Waals surface area contributed by atoms with Gasteiger partial charge in [-0.3, -0.25) is 4.79 Å². The first-order chi connectivity index (χ1) is 10.2. The van der Waals surface area contributed by atoms with Crippen molar-refractivity contribution in [3.05, 3.63) is 54.1 Å². The van der Waals surface area contributed by atoms with Gasteiger partial charge in [-0.2, -0.15) is 0 Å². The average Bonchev–Trinajstić information content (AvgIpc) is 2.93. The van der Waals surface area contributed by atoms with Gasteiger partial charge in [0.15, 0.2) is 5.82 Å². The summed E-state index contributed by atoms with van der Waals surface area (Å²) >= 11 is 0. The minimum absolute atomic E-state index is 0.00412. The number of hydrogen-bond acceptors (Lipinski definition) is 3. The van der Waals surface area contributed by atoms with Crippen LogP contribution in [0.1, 0.15) is 22.2 Å². The maximum atomic E-state index is 12.8. The molecule has 3 rings (SSSR count). The SMILES string of the molecule is CN1CCN(C(=O)c2nccn2C)C(c2ccccc2)C1. The number of amides is 1. The molecule has 2 heterocycles. The largest absolute Gasteiger partial charge is 0.330 e. The molecule has 0 aliphatic carbocycles. The number of carbonyl (C=O) groups excluding carboxylic acids is 1.